The zero-order chi connectivity index (χ0) is 10.2. The van der Waals surface area contributed by atoms with Gasteiger partial charge >= 0.3 is 0 Å². The highest BCUT2D eigenvalue weighted by Gasteiger charge is 2.37. The smallest absolute Gasteiger partial charge is 0.116 e. The second-order valence-electron chi connectivity index (χ2n) is 4.54. The first-order chi connectivity index (χ1) is 6.65. The van der Waals surface area contributed by atoms with E-state index in [1.54, 1.807) is 0 Å². The first-order valence-corrected chi connectivity index (χ1v) is 4.92. The Balaban J connectivity index is 2.33. The fourth-order valence-electron chi connectivity index (χ4n) is 2.24. The van der Waals surface area contributed by atoms with Gasteiger partial charge in [-0.1, -0.05) is 13.8 Å². The van der Waals surface area contributed by atoms with Gasteiger partial charge in [0, 0.05) is 0 Å². The van der Waals surface area contributed by atoms with E-state index in [0.29, 0.717) is 13.2 Å². The number of hydrogen-bond donors (Lipinski definition) is 1. The minimum atomic E-state index is -0.207. The molecule has 1 heterocycles. The van der Waals surface area contributed by atoms with Crippen LogP contribution < -0.4 is 0 Å². The highest BCUT2D eigenvalue weighted by atomic mass is 17.2. The van der Waals surface area contributed by atoms with Crippen molar-refractivity contribution < 1.29 is 19.9 Å². The van der Waals surface area contributed by atoms with Gasteiger partial charge in [-0.25, -0.2) is 14.7 Å². The van der Waals surface area contributed by atoms with Crippen LogP contribution >= 0.6 is 0 Å². The zero-order valence-corrected chi connectivity index (χ0v) is 8.58. The lowest BCUT2D eigenvalue weighted by Gasteiger charge is -2.39. The van der Waals surface area contributed by atoms with Gasteiger partial charge in [0.05, 0.1) is 0 Å². The lowest BCUT2D eigenvalue weighted by Crippen LogP contribution is -2.36. The highest BCUT2D eigenvalue weighted by Crippen LogP contribution is 2.42. The molecular formula is C10H16O4. The predicted octanol–water partition coefficient (Wildman–Crippen LogP) is 1.92. The molecule has 2 aliphatic rings. The van der Waals surface area contributed by atoms with Gasteiger partial charge in [0.1, 0.15) is 19.3 Å². The fraction of sp³-hybridized carbons (Fsp3) is 0.800. The molecule has 80 valence electrons. The summed E-state index contributed by atoms with van der Waals surface area (Å²) in [6.07, 6.45) is 1.63. The molecule has 0 saturated carbocycles. The maximum Gasteiger partial charge on any atom is 0.116 e. The van der Waals surface area contributed by atoms with E-state index in [2.05, 4.69) is 18.7 Å². The Morgan fingerprint density at radius 3 is 2.79 bits per heavy atom. The van der Waals surface area contributed by atoms with Crippen molar-refractivity contribution in [1.82, 2.24) is 0 Å². The largest absolute Gasteiger partial charge is 0.251 e. The third-order valence-corrected chi connectivity index (χ3v) is 3.25. The van der Waals surface area contributed by atoms with Crippen molar-refractivity contribution in [3.05, 3.63) is 11.1 Å². The molecule has 0 spiro atoms. The van der Waals surface area contributed by atoms with Gasteiger partial charge in [-0.15, -0.1) is 0 Å². The van der Waals surface area contributed by atoms with Crippen LogP contribution in [0.25, 0.3) is 0 Å². The van der Waals surface area contributed by atoms with E-state index in [-0.39, 0.29) is 11.5 Å². The molecule has 0 saturated heterocycles. The standard InChI is InChI=1S/C10H16O4/c1-10(2)4-3-9(14-11)7-5-12-13-6-8(7)10/h9,11H,3-6H2,1-2H3. The van der Waals surface area contributed by atoms with Crippen LogP contribution in [0.1, 0.15) is 26.7 Å². The van der Waals surface area contributed by atoms with Crippen LogP contribution in [0, 0.1) is 5.41 Å². The molecular weight excluding hydrogens is 184 g/mol. The summed E-state index contributed by atoms with van der Waals surface area (Å²) >= 11 is 0. The molecule has 0 fully saturated rings. The second-order valence-corrected chi connectivity index (χ2v) is 4.54. The summed E-state index contributed by atoms with van der Waals surface area (Å²) in [6, 6.07) is 0. The summed E-state index contributed by atoms with van der Waals surface area (Å²) in [5, 5.41) is 8.77. The monoisotopic (exact) mass is 200 g/mol. The molecule has 1 N–H and O–H groups in total. The van der Waals surface area contributed by atoms with E-state index in [9.17, 15) is 0 Å². The van der Waals surface area contributed by atoms with Crippen LogP contribution in [0.5, 0.6) is 0 Å². The third kappa shape index (κ3) is 1.59. The van der Waals surface area contributed by atoms with Gasteiger partial charge in [0.15, 0.2) is 0 Å². The van der Waals surface area contributed by atoms with Crippen molar-refractivity contribution in [2.24, 2.45) is 5.41 Å². The van der Waals surface area contributed by atoms with Crippen molar-refractivity contribution in [3.63, 3.8) is 0 Å². The van der Waals surface area contributed by atoms with Gasteiger partial charge in [0.25, 0.3) is 0 Å². The van der Waals surface area contributed by atoms with Crippen LogP contribution in [0.4, 0.5) is 0 Å². The molecule has 0 aromatic carbocycles. The van der Waals surface area contributed by atoms with Crippen molar-refractivity contribution >= 4 is 0 Å². The summed E-state index contributed by atoms with van der Waals surface area (Å²) in [6.45, 7) is 5.27. The van der Waals surface area contributed by atoms with Crippen LogP contribution in [-0.2, 0) is 14.7 Å². The summed E-state index contributed by atoms with van der Waals surface area (Å²) in [4.78, 5) is 14.3. The van der Waals surface area contributed by atoms with Crippen molar-refractivity contribution in [2.45, 2.75) is 32.8 Å². The molecule has 14 heavy (non-hydrogen) atoms. The Hall–Kier alpha value is -0.420. The third-order valence-electron chi connectivity index (χ3n) is 3.25. The van der Waals surface area contributed by atoms with Gasteiger partial charge in [-0.05, 0) is 29.4 Å². The molecule has 1 atom stereocenters. The average Bonchev–Trinajstić information content (AvgIpc) is 2.18. The number of rotatable bonds is 1. The SMILES string of the molecule is CC1(C)CCC(OO)C2=C1COOC2. The maximum absolute atomic E-state index is 8.77. The van der Waals surface area contributed by atoms with Crippen molar-refractivity contribution in [1.29, 1.82) is 0 Å². The first-order valence-electron chi connectivity index (χ1n) is 4.92. The predicted molar refractivity (Wildman–Crippen MR) is 49.4 cm³/mol. The molecule has 1 aliphatic carbocycles. The molecule has 4 heteroatoms. The lowest BCUT2D eigenvalue weighted by molar-refractivity contribution is -0.310. The van der Waals surface area contributed by atoms with Crippen LogP contribution in [0.3, 0.4) is 0 Å². The van der Waals surface area contributed by atoms with E-state index in [4.69, 9.17) is 15.0 Å². The lowest BCUT2D eigenvalue weighted by atomic mass is 9.71. The Labute approximate surface area is 83.3 Å². The van der Waals surface area contributed by atoms with Gasteiger partial charge in [-0.3, -0.25) is 5.26 Å². The number of hydrogen-bond acceptors (Lipinski definition) is 4. The van der Waals surface area contributed by atoms with E-state index in [0.717, 1.165) is 18.4 Å². The molecule has 4 nitrogen and oxygen atoms in total. The molecule has 1 aliphatic heterocycles. The molecule has 0 aromatic heterocycles. The summed E-state index contributed by atoms with van der Waals surface area (Å²) in [7, 11) is 0. The fourth-order valence-corrected chi connectivity index (χ4v) is 2.24. The van der Waals surface area contributed by atoms with Gasteiger partial charge in [0.2, 0.25) is 0 Å². The van der Waals surface area contributed by atoms with Crippen molar-refractivity contribution in [3.8, 4) is 0 Å². The topological polar surface area (TPSA) is 47.9 Å². The second kappa shape index (κ2) is 3.62. The normalized spacial score (nSPS) is 31.5. The van der Waals surface area contributed by atoms with E-state index < -0.39 is 0 Å². The summed E-state index contributed by atoms with van der Waals surface area (Å²) in [5.41, 5.74) is 2.40. The first kappa shape index (κ1) is 10.1. The van der Waals surface area contributed by atoms with E-state index in [1.165, 1.54) is 5.57 Å². The van der Waals surface area contributed by atoms with Crippen LogP contribution in [0.2, 0.25) is 0 Å². The Bertz CT molecular complexity index is 257. The molecule has 0 amide bonds. The molecule has 1 unspecified atom stereocenters. The van der Waals surface area contributed by atoms with Crippen molar-refractivity contribution in [2.75, 3.05) is 13.2 Å². The van der Waals surface area contributed by atoms with Crippen LogP contribution in [-0.4, -0.2) is 24.6 Å². The summed E-state index contributed by atoms with van der Waals surface area (Å²) < 4.78 is 0. The average molecular weight is 200 g/mol. The molecule has 0 bridgehead atoms. The Morgan fingerprint density at radius 1 is 1.36 bits per heavy atom. The maximum atomic E-state index is 8.77. The molecule has 0 aromatic rings. The van der Waals surface area contributed by atoms with E-state index >= 15 is 0 Å². The molecule has 2 rings (SSSR count). The minimum absolute atomic E-state index is 0.133. The Kier molecular flexibility index (Phi) is 2.62. The van der Waals surface area contributed by atoms with Gasteiger partial charge in [-0.2, -0.15) is 0 Å². The van der Waals surface area contributed by atoms with Crippen LogP contribution in [0.15, 0.2) is 11.1 Å². The zero-order valence-electron chi connectivity index (χ0n) is 8.58. The Morgan fingerprint density at radius 2 is 2.07 bits per heavy atom. The summed E-state index contributed by atoms with van der Waals surface area (Å²) in [5.74, 6) is 0. The van der Waals surface area contributed by atoms with Gasteiger partial charge < -0.3 is 0 Å². The van der Waals surface area contributed by atoms with E-state index in [1.807, 2.05) is 0 Å². The quantitative estimate of drug-likeness (QED) is 0.399. The minimum Gasteiger partial charge on any atom is -0.251 e. The highest BCUT2D eigenvalue weighted by molar-refractivity contribution is 5.29. The molecule has 0 radical (unpaired) electrons.